The number of benzene rings is 3. The monoisotopic (exact) mass is 429 g/mol. The first kappa shape index (κ1) is 21.2. The van der Waals surface area contributed by atoms with Crippen LogP contribution in [0, 0.1) is 13.8 Å². The van der Waals surface area contributed by atoms with Gasteiger partial charge in [0.25, 0.3) is 5.91 Å². The summed E-state index contributed by atoms with van der Waals surface area (Å²) in [5.74, 6) is 0.109. The van der Waals surface area contributed by atoms with Crippen molar-refractivity contribution in [2.24, 2.45) is 0 Å². The summed E-state index contributed by atoms with van der Waals surface area (Å²) in [4.78, 5) is 12.5. The van der Waals surface area contributed by atoms with Crippen molar-refractivity contribution in [2.75, 3.05) is 11.9 Å². The second-order valence-electron chi connectivity index (χ2n) is 6.77. The molecule has 1 amide bonds. The van der Waals surface area contributed by atoms with Gasteiger partial charge in [0.1, 0.15) is 11.9 Å². The average Bonchev–Trinajstić information content (AvgIpc) is 2.68. The Labute approximate surface area is 180 Å². The van der Waals surface area contributed by atoms with Crippen molar-refractivity contribution >= 4 is 34.8 Å². The number of ether oxygens (including phenoxy) is 1. The van der Waals surface area contributed by atoms with Gasteiger partial charge in [-0.15, -0.1) is 0 Å². The van der Waals surface area contributed by atoms with Crippen LogP contribution in [0.15, 0.2) is 60.7 Å². The highest BCUT2D eigenvalue weighted by atomic mass is 35.5. The molecule has 0 spiro atoms. The Kier molecular flexibility index (Phi) is 6.80. The van der Waals surface area contributed by atoms with Crippen LogP contribution in [-0.4, -0.2) is 17.6 Å². The normalized spacial score (nSPS) is 11.8. The van der Waals surface area contributed by atoms with Gasteiger partial charge in [-0.1, -0.05) is 59.6 Å². The lowest BCUT2D eigenvalue weighted by molar-refractivity contribution is -0.118. The Morgan fingerprint density at radius 3 is 2.48 bits per heavy atom. The molecule has 6 heteroatoms. The molecule has 0 aliphatic carbocycles. The van der Waals surface area contributed by atoms with Crippen molar-refractivity contribution in [3.8, 4) is 5.75 Å². The average molecular weight is 430 g/mol. The van der Waals surface area contributed by atoms with Gasteiger partial charge >= 0.3 is 0 Å². The zero-order valence-electron chi connectivity index (χ0n) is 16.1. The summed E-state index contributed by atoms with van der Waals surface area (Å²) in [6, 6.07) is 17.8. The van der Waals surface area contributed by atoms with E-state index in [4.69, 9.17) is 27.9 Å². The smallest absolute Gasteiger partial charge is 0.262 e. The first-order valence-corrected chi connectivity index (χ1v) is 9.82. The van der Waals surface area contributed by atoms with Crippen molar-refractivity contribution < 1.29 is 14.6 Å². The zero-order chi connectivity index (χ0) is 21.0. The lowest BCUT2D eigenvalue weighted by Gasteiger charge is -2.18. The lowest BCUT2D eigenvalue weighted by atomic mass is 10.00. The van der Waals surface area contributed by atoms with Crippen LogP contribution < -0.4 is 10.1 Å². The molecule has 3 aromatic rings. The Morgan fingerprint density at radius 1 is 1.07 bits per heavy atom. The molecule has 0 saturated carbocycles. The number of carbonyl (C=O) groups is 1. The second-order valence-corrected chi connectivity index (χ2v) is 7.62. The summed E-state index contributed by atoms with van der Waals surface area (Å²) in [5.41, 5.74) is 3.54. The molecule has 150 valence electrons. The molecule has 29 heavy (non-hydrogen) atoms. The van der Waals surface area contributed by atoms with Gasteiger partial charge in [0, 0.05) is 16.3 Å². The number of halogens is 2. The molecule has 1 unspecified atom stereocenters. The van der Waals surface area contributed by atoms with Crippen molar-refractivity contribution in [3.63, 3.8) is 0 Å². The van der Waals surface area contributed by atoms with Crippen molar-refractivity contribution in [1.29, 1.82) is 0 Å². The van der Waals surface area contributed by atoms with Crippen LogP contribution in [0.5, 0.6) is 5.75 Å². The van der Waals surface area contributed by atoms with Gasteiger partial charge in [-0.05, 0) is 54.8 Å². The predicted octanol–water partition coefficient (Wildman–Crippen LogP) is 5.71. The highest BCUT2D eigenvalue weighted by Crippen LogP contribution is 2.32. The third-order valence-electron chi connectivity index (χ3n) is 4.42. The second kappa shape index (κ2) is 9.31. The third-order valence-corrected chi connectivity index (χ3v) is 4.93. The number of aryl methyl sites for hydroxylation is 2. The van der Waals surface area contributed by atoms with E-state index < -0.39 is 6.10 Å². The van der Waals surface area contributed by atoms with Crippen LogP contribution in [-0.2, 0) is 4.79 Å². The van der Waals surface area contributed by atoms with E-state index in [1.165, 1.54) is 0 Å². The molecule has 0 saturated heterocycles. The molecule has 3 rings (SSSR count). The molecular formula is C23H21Cl2NO3. The summed E-state index contributed by atoms with van der Waals surface area (Å²) >= 11 is 12.3. The van der Waals surface area contributed by atoms with Crippen molar-refractivity contribution in [3.05, 3.63) is 93.0 Å². The quantitative estimate of drug-likeness (QED) is 0.527. The largest absolute Gasteiger partial charge is 0.482 e. The van der Waals surface area contributed by atoms with Crippen LogP contribution >= 0.6 is 23.2 Å². The Bertz CT molecular complexity index is 999. The first-order chi connectivity index (χ1) is 13.8. The van der Waals surface area contributed by atoms with Crippen molar-refractivity contribution in [1.82, 2.24) is 0 Å². The van der Waals surface area contributed by atoms with E-state index in [1.807, 2.05) is 50.2 Å². The van der Waals surface area contributed by atoms with Crippen molar-refractivity contribution in [2.45, 2.75) is 20.0 Å². The first-order valence-electron chi connectivity index (χ1n) is 9.07. The third kappa shape index (κ3) is 5.30. The van der Waals surface area contributed by atoms with Crippen LogP contribution in [0.4, 0.5) is 5.69 Å². The van der Waals surface area contributed by atoms with Crippen LogP contribution in [0.1, 0.15) is 28.4 Å². The number of hydrogen-bond acceptors (Lipinski definition) is 3. The number of aliphatic hydroxyl groups excluding tert-OH is 1. The highest BCUT2D eigenvalue weighted by Gasteiger charge is 2.17. The fraction of sp³-hybridized carbons (Fsp3) is 0.174. The molecule has 0 heterocycles. The van der Waals surface area contributed by atoms with Gasteiger partial charge in [0.05, 0.1) is 5.02 Å². The molecule has 0 aromatic heterocycles. The maximum Gasteiger partial charge on any atom is 0.262 e. The number of aliphatic hydroxyl groups is 1. The van der Waals surface area contributed by atoms with E-state index in [-0.39, 0.29) is 12.5 Å². The van der Waals surface area contributed by atoms with Gasteiger partial charge in [-0.3, -0.25) is 4.79 Å². The summed E-state index contributed by atoms with van der Waals surface area (Å²) in [7, 11) is 0. The maximum absolute atomic E-state index is 12.5. The SMILES string of the molecule is Cc1cc(C)c(OCC(=O)Nc2ccc(Cl)cc2C(O)c2ccccc2)c(Cl)c1. The fourth-order valence-corrected chi connectivity index (χ4v) is 3.65. The van der Waals surface area contributed by atoms with Crippen LogP contribution in [0.25, 0.3) is 0 Å². The van der Waals surface area contributed by atoms with Crippen LogP contribution in [0.2, 0.25) is 10.0 Å². The molecule has 4 nitrogen and oxygen atoms in total. The van der Waals surface area contributed by atoms with Gasteiger partial charge in [-0.25, -0.2) is 0 Å². The number of nitrogens with one attached hydrogen (secondary N) is 1. The minimum Gasteiger partial charge on any atom is -0.482 e. The summed E-state index contributed by atoms with van der Waals surface area (Å²) in [5, 5.41) is 14.5. The van der Waals surface area contributed by atoms with E-state index in [0.717, 1.165) is 11.1 Å². The Hall–Kier alpha value is -2.53. The highest BCUT2D eigenvalue weighted by molar-refractivity contribution is 6.32. The van der Waals surface area contributed by atoms with E-state index >= 15 is 0 Å². The van der Waals surface area contributed by atoms with Gasteiger partial charge in [0.15, 0.2) is 6.61 Å². The van der Waals surface area contributed by atoms with Gasteiger partial charge < -0.3 is 15.2 Å². The minimum atomic E-state index is -0.931. The standard InChI is InChI=1S/C23H21Cl2NO3/c1-14-10-15(2)23(19(25)11-14)29-13-21(27)26-20-9-8-17(24)12-18(20)22(28)16-6-4-3-5-7-16/h3-12,22,28H,13H2,1-2H3,(H,26,27). The Morgan fingerprint density at radius 2 is 1.79 bits per heavy atom. The number of anilines is 1. The zero-order valence-corrected chi connectivity index (χ0v) is 17.6. The number of rotatable bonds is 6. The topological polar surface area (TPSA) is 58.6 Å². The summed E-state index contributed by atoms with van der Waals surface area (Å²) < 4.78 is 5.63. The lowest BCUT2D eigenvalue weighted by Crippen LogP contribution is -2.21. The van der Waals surface area contributed by atoms with Gasteiger partial charge in [0.2, 0.25) is 0 Å². The van der Waals surface area contributed by atoms with E-state index in [1.54, 1.807) is 24.3 Å². The maximum atomic E-state index is 12.5. The minimum absolute atomic E-state index is 0.215. The van der Waals surface area contributed by atoms with E-state index in [0.29, 0.717) is 32.6 Å². The molecule has 2 N–H and O–H groups in total. The molecule has 0 aliphatic rings. The van der Waals surface area contributed by atoms with E-state index in [9.17, 15) is 9.90 Å². The van der Waals surface area contributed by atoms with Gasteiger partial charge in [-0.2, -0.15) is 0 Å². The summed E-state index contributed by atoms with van der Waals surface area (Å²) in [6.45, 7) is 3.60. The number of amides is 1. The molecule has 1 atom stereocenters. The molecule has 0 bridgehead atoms. The molecule has 3 aromatic carbocycles. The van der Waals surface area contributed by atoms with Crippen LogP contribution in [0.3, 0.4) is 0 Å². The fourth-order valence-electron chi connectivity index (χ4n) is 3.10. The summed E-state index contributed by atoms with van der Waals surface area (Å²) in [6.07, 6.45) is -0.931. The van der Waals surface area contributed by atoms with E-state index in [2.05, 4.69) is 5.32 Å². The molecule has 0 aliphatic heterocycles. The number of hydrogen-bond donors (Lipinski definition) is 2. The molecule has 0 radical (unpaired) electrons. The molecule has 0 fully saturated rings. The Balaban J connectivity index is 1.76. The number of carbonyl (C=O) groups excluding carboxylic acids is 1. The predicted molar refractivity (Wildman–Crippen MR) is 117 cm³/mol. The molecular weight excluding hydrogens is 409 g/mol.